The lowest BCUT2D eigenvalue weighted by atomic mass is 10.1. The fourth-order valence-electron chi connectivity index (χ4n) is 3.81. The van der Waals surface area contributed by atoms with Crippen molar-refractivity contribution in [1.29, 1.82) is 0 Å². The maximum atomic E-state index is 12.9. The number of nitrogens with zero attached hydrogens (tertiary/aromatic N) is 1. The van der Waals surface area contributed by atoms with Crippen LogP contribution in [-0.2, 0) is 14.8 Å². The number of sulfonamides is 1. The van der Waals surface area contributed by atoms with Gasteiger partial charge in [0.15, 0.2) is 0 Å². The van der Waals surface area contributed by atoms with E-state index in [9.17, 15) is 8.42 Å². The van der Waals surface area contributed by atoms with Crippen LogP contribution in [0.3, 0.4) is 0 Å². The molecule has 3 rings (SSSR count). The molecule has 0 amide bonds. The van der Waals surface area contributed by atoms with E-state index >= 15 is 0 Å². The highest BCUT2D eigenvalue weighted by Gasteiger charge is 2.22. The van der Waals surface area contributed by atoms with Crippen LogP contribution in [0.4, 0.5) is 0 Å². The lowest BCUT2D eigenvalue weighted by Gasteiger charge is -2.35. The Balaban J connectivity index is 1.66. The van der Waals surface area contributed by atoms with Gasteiger partial charge in [-0.1, -0.05) is 24.3 Å². The Labute approximate surface area is 167 Å². The third kappa shape index (κ3) is 5.03. The minimum Gasteiger partial charge on any atom is -0.493 e. The van der Waals surface area contributed by atoms with Gasteiger partial charge in [-0.25, -0.2) is 13.1 Å². The Morgan fingerprint density at radius 3 is 2.46 bits per heavy atom. The maximum Gasteiger partial charge on any atom is 0.241 e. The highest BCUT2D eigenvalue weighted by Crippen LogP contribution is 2.31. The van der Waals surface area contributed by atoms with Crippen molar-refractivity contribution in [3.63, 3.8) is 0 Å². The number of fused-ring (bicyclic) bond motifs is 1. The van der Waals surface area contributed by atoms with Crippen molar-refractivity contribution in [2.75, 3.05) is 32.8 Å². The smallest absolute Gasteiger partial charge is 0.241 e. The predicted octanol–water partition coefficient (Wildman–Crippen LogP) is 3.02. The summed E-state index contributed by atoms with van der Waals surface area (Å²) in [5, 5.41) is 1.49. The van der Waals surface area contributed by atoms with E-state index in [0.29, 0.717) is 29.2 Å². The molecular weight excluding hydrogens is 376 g/mol. The molecule has 0 bridgehead atoms. The highest BCUT2D eigenvalue weighted by molar-refractivity contribution is 7.89. The van der Waals surface area contributed by atoms with E-state index in [-0.39, 0.29) is 12.2 Å². The first kappa shape index (κ1) is 21.0. The molecule has 0 radical (unpaired) electrons. The third-order valence-corrected chi connectivity index (χ3v) is 6.39. The molecule has 2 aromatic carbocycles. The maximum absolute atomic E-state index is 12.9. The van der Waals surface area contributed by atoms with E-state index < -0.39 is 10.0 Å². The van der Waals surface area contributed by atoms with Gasteiger partial charge in [0.05, 0.1) is 23.7 Å². The van der Waals surface area contributed by atoms with Crippen molar-refractivity contribution in [3.05, 3.63) is 36.4 Å². The average molecular weight is 407 g/mol. The second-order valence-electron chi connectivity index (χ2n) is 7.31. The number of morpholine rings is 1. The van der Waals surface area contributed by atoms with E-state index in [1.165, 1.54) is 0 Å². The van der Waals surface area contributed by atoms with Gasteiger partial charge in [-0.3, -0.25) is 4.90 Å². The zero-order valence-corrected chi connectivity index (χ0v) is 17.7. The van der Waals surface area contributed by atoms with Crippen molar-refractivity contribution in [2.45, 2.75) is 44.3 Å². The number of hydrogen-bond donors (Lipinski definition) is 1. The number of hydrogen-bond acceptors (Lipinski definition) is 5. The molecule has 0 aromatic heterocycles. The third-order valence-electron chi connectivity index (χ3n) is 4.87. The van der Waals surface area contributed by atoms with Crippen LogP contribution in [0, 0.1) is 0 Å². The molecule has 7 heteroatoms. The summed E-state index contributed by atoms with van der Waals surface area (Å²) in [4.78, 5) is 2.62. The van der Waals surface area contributed by atoms with Crippen molar-refractivity contribution in [1.82, 2.24) is 9.62 Å². The van der Waals surface area contributed by atoms with Gasteiger partial charge >= 0.3 is 0 Å². The normalized spacial score (nSPS) is 21.1. The van der Waals surface area contributed by atoms with E-state index in [2.05, 4.69) is 23.5 Å². The Hall–Kier alpha value is -1.67. The van der Waals surface area contributed by atoms with E-state index in [4.69, 9.17) is 9.47 Å². The molecule has 28 heavy (non-hydrogen) atoms. The lowest BCUT2D eigenvalue weighted by molar-refractivity contribution is -0.0679. The van der Waals surface area contributed by atoms with E-state index in [1.54, 1.807) is 12.1 Å². The number of benzene rings is 2. The minimum absolute atomic E-state index is 0.218. The minimum atomic E-state index is -3.59. The topological polar surface area (TPSA) is 67.9 Å². The second kappa shape index (κ2) is 9.22. The Morgan fingerprint density at radius 2 is 1.79 bits per heavy atom. The van der Waals surface area contributed by atoms with Crippen LogP contribution in [0.1, 0.15) is 27.2 Å². The zero-order chi connectivity index (χ0) is 20.1. The van der Waals surface area contributed by atoms with Gasteiger partial charge in [0.2, 0.25) is 10.0 Å². The van der Waals surface area contributed by atoms with E-state index in [1.807, 2.05) is 31.2 Å². The zero-order valence-electron chi connectivity index (χ0n) is 16.8. The lowest BCUT2D eigenvalue weighted by Crippen LogP contribution is -2.46. The van der Waals surface area contributed by atoms with Gasteiger partial charge in [0, 0.05) is 30.4 Å². The molecule has 1 aliphatic rings. The monoisotopic (exact) mass is 406 g/mol. The van der Waals surface area contributed by atoms with Crippen LogP contribution in [0.25, 0.3) is 10.8 Å². The van der Waals surface area contributed by atoms with Crippen LogP contribution in [0.15, 0.2) is 41.3 Å². The molecular formula is C21H30N2O4S. The molecule has 0 saturated carbocycles. The Morgan fingerprint density at radius 1 is 1.11 bits per heavy atom. The van der Waals surface area contributed by atoms with Gasteiger partial charge in [-0.05, 0) is 45.9 Å². The van der Waals surface area contributed by atoms with Crippen LogP contribution in [-0.4, -0.2) is 58.3 Å². The van der Waals surface area contributed by atoms with Crippen LogP contribution in [0.5, 0.6) is 5.75 Å². The SMILES string of the molecule is CCOc1ccc(S(=O)(=O)NCCCN2C[C@@H](C)O[C@@H](C)C2)c2ccccc12. The summed E-state index contributed by atoms with van der Waals surface area (Å²) in [5.41, 5.74) is 0. The largest absolute Gasteiger partial charge is 0.493 e. The molecule has 1 heterocycles. The van der Waals surface area contributed by atoms with Gasteiger partial charge in [-0.15, -0.1) is 0 Å². The molecule has 0 spiro atoms. The van der Waals surface area contributed by atoms with Crippen molar-refractivity contribution in [3.8, 4) is 5.75 Å². The molecule has 2 aromatic rings. The first-order chi connectivity index (χ1) is 13.4. The molecule has 1 aliphatic heterocycles. The standard InChI is InChI=1S/C21H30N2O4S/c1-4-26-20-10-11-21(19-9-6-5-8-18(19)20)28(24,25)22-12-7-13-23-14-16(2)27-17(3)15-23/h5-6,8-11,16-17,22H,4,7,12-15H2,1-3H3/t16-,17+. The summed E-state index contributed by atoms with van der Waals surface area (Å²) in [6.07, 6.45) is 1.19. The first-order valence-corrected chi connectivity index (χ1v) is 11.4. The summed E-state index contributed by atoms with van der Waals surface area (Å²) in [6, 6.07) is 10.8. The summed E-state index contributed by atoms with van der Waals surface area (Å²) in [7, 11) is -3.59. The quantitative estimate of drug-likeness (QED) is 0.683. The fraction of sp³-hybridized carbons (Fsp3) is 0.524. The number of ether oxygens (including phenoxy) is 2. The molecule has 1 N–H and O–H groups in total. The van der Waals surface area contributed by atoms with Gasteiger partial charge < -0.3 is 9.47 Å². The molecule has 1 fully saturated rings. The summed E-state index contributed by atoms with van der Waals surface area (Å²) in [6.45, 7) is 9.63. The average Bonchev–Trinajstić information content (AvgIpc) is 2.65. The molecule has 2 atom stereocenters. The highest BCUT2D eigenvalue weighted by atomic mass is 32.2. The summed E-state index contributed by atoms with van der Waals surface area (Å²) >= 11 is 0. The van der Waals surface area contributed by atoms with Gasteiger partial charge in [0.1, 0.15) is 5.75 Å². The second-order valence-corrected chi connectivity index (χ2v) is 9.04. The van der Waals surface area contributed by atoms with Crippen LogP contribution in [0.2, 0.25) is 0 Å². The molecule has 154 valence electrons. The Bertz CT molecular complexity index is 890. The van der Waals surface area contributed by atoms with Crippen molar-refractivity contribution >= 4 is 20.8 Å². The van der Waals surface area contributed by atoms with E-state index in [0.717, 1.165) is 31.4 Å². The molecule has 0 aliphatic carbocycles. The van der Waals surface area contributed by atoms with Gasteiger partial charge in [-0.2, -0.15) is 0 Å². The van der Waals surface area contributed by atoms with Crippen LogP contribution < -0.4 is 9.46 Å². The van der Waals surface area contributed by atoms with Crippen LogP contribution >= 0.6 is 0 Å². The molecule has 0 unspecified atom stereocenters. The first-order valence-electron chi connectivity index (χ1n) is 9.92. The van der Waals surface area contributed by atoms with Crippen molar-refractivity contribution in [2.24, 2.45) is 0 Å². The number of nitrogens with one attached hydrogen (secondary N) is 1. The fourth-order valence-corrected chi connectivity index (χ4v) is 5.10. The van der Waals surface area contributed by atoms with Gasteiger partial charge in [0.25, 0.3) is 0 Å². The predicted molar refractivity (Wildman–Crippen MR) is 111 cm³/mol. The summed E-state index contributed by atoms with van der Waals surface area (Å²) in [5.74, 6) is 0.701. The molecule has 6 nitrogen and oxygen atoms in total. The number of rotatable bonds is 8. The summed E-state index contributed by atoms with van der Waals surface area (Å²) < 4.78 is 39.9. The van der Waals surface area contributed by atoms with Crippen molar-refractivity contribution < 1.29 is 17.9 Å². The molecule has 1 saturated heterocycles. The Kier molecular flexibility index (Phi) is 6.93.